The number of benzene rings is 1. The maximum Gasteiger partial charge on any atom is 0.234 e. The van der Waals surface area contributed by atoms with E-state index >= 15 is 0 Å². The van der Waals surface area contributed by atoms with Crippen molar-refractivity contribution in [2.45, 2.75) is 24.0 Å². The quantitative estimate of drug-likeness (QED) is 0.620. The van der Waals surface area contributed by atoms with Gasteiger partial charge in [0.25, 0.3) is 0 Å². The van der Waals surface area contributed by atoms with Crippen LogP contribution in [0.3, 0.4) is 0 Å². The molecule has 1 heterocycles. The summed E-state index contributed by atoms with van der Waals surface area (Å²) in [6.45, 7) is 0. The minimum atomic E-state index is -0.0256. The van der Waals surface area contributed by atoms with Gasteiger partial charge in [0, 0.05) is 15.3 Å². The molecule has 1 saturated carbocycles. The van der Waals surface area contributed by atoms with Gasteiger partial charge in [0.05, 0.1) is 5.75 Å². The third-order valence-electron chi connectivity index (χ3n) is 2.92. The Balaban J connectivity index is 1.55. The van der Waals surface area contributed by atoms with Gasteiger partial charge in [0.2, 0.25) is 5.91 Å². The molecular formula is C13H13IN4OS. The second-order valence-electron chi connectivity index (χ2n) is 4.60. The molecule has 1 aliphatic rings. The molecule has 1 aliphatic carbocycles. The zero-order valence-corrected chi connectivity index (χ0v) is 13.6. The maximum atomic E-state index is 11.9. The van der Waals surface area contributed by atoms with Gasteiger partial charge in [-0.05, 0) is 53.6 Å². The van der Waals surface area contributed by atoms with E-state index in [2.05, 4.69) is 42.7 Å². The average Bonchev–Trinajstić information content (AvgIpc) is 3.15. The van der Waals surface area contributed by atoms with Crippen LogP contribution in [0.4, 0.5) is 5.69 Å². The minimum Gasteiger partial charge on any atom is -0.325 e. The van der Waals surface area contributed by atoms with Crippen molar-refractivity contribution >= 4 is 45.9 Å². The second-order valence-corrected chi connectivity index (χ2v) is 6.79. The second kappa shape index (κ2) is 6.13. The van der Waals surface area contributed by atoms with Gasteiger partial charge in [-0.25, -0.2) is 0 Å². The van der Waals surface area contributed by atoms with E-state index in [0.717, 1.165) is 14.4 Å². The van der Waals surface area contributed by atoms with Crippen LogP contribution < -0.4 is 5.32 Å². The minimum absolute atomic E-state index is 0.0256. The van der Waals surface area contributed by atoms with Crippen LogP contribution in [0.5, 0.6) is 0 Å². The summed E-state index contributed by atoms with van der Waals surface area (Å²) in [6, 6.07) is 8.27. The number of aromatic nitrogens is 3. The van der Waals surface area contributed by atoms with Gasteiger partial charge in [-0.2, -0.15) is 0 Å². The lowest BCUT2D eigenvalue weighted by Gasteiger charge is -2.06. The molecule has 0 bridgehead atoms. The van der Waals surface area contributed by atoms with Crippen LogP contribution in [0.25, 0.3) is 0 Å². The average molecular weight is 400 g/mol. The summed E-state index contributed by atoms with van der Waals surface area (Å²) in [7, 11) is 0. The molecule has 0 aliphatic heterocycles. The highest BCUT2D eigenvalue weighted by atomic mass is 127. The molecule has 104 valence electrons. The molecule has 0 radical (unpaired) electrons. The van der Waals surface area contributed by atoms with Crippen LogP contribution in [-0.4, -0.2) is 26.4 Å². The summed E-state index contributed by atoms with van der Waals surface area (Å²) in [4.78, 5) is 11.9. The Labute approximate surface area is 134 Å². The molecule has 0 unspecified atom stereocenters. The Morgan fingerprint density at radius 1 is 1.50 bits per heavy atom. The normalized spacial score (nSPS) is 14.2. The van der Waals surface area contributed by atoms with Crippen molar-refractivity contribution in [1.82, 2.24) is 14.8 Å². The Hall–Kier alpha value is -1.09. The molecule has 1 N–H and O–H groups in total. The third-order valence-corrected chi connectivity index (χ3v) is 4.55. The van der Waals surface area contributed by atoms with Gasteiger partial charge in [-0.15, -0.1) is 10.2 Å². The smallest absolute Gasteiger partial charge is 0.234 e. The van der Waals surface area contributed by atoms with Crippen LogP contribution in [0.15, 0.2) is 35.7 Å². The topological polar surface area (TPSA) is 59.8 Å². The number of carbonyl (C=O) groups excluding carboxylic acids is 1. The van der Waals surface area contributed by atoms with E-state index in [9.17, 15) is 4.79 Å². The Morgan fingerprint density at radius 3 is 3.10 bits per heavy atom. The molecule has 7 heteroatoms. The largest absolute Gasteiger partial charge is 0.325 e. The number of thioether (sulfide) groups is 1. The van der Waals surface area contributed by atoms with Crippen molar-refractivity contribution in [2.24, 2.45) is 0 Å². The van der Waals surface area contributed by atoms with Crippen LogP contribution in [0.2, 0.25) is 0 Å². The summed E-state index contributed by atoms with van der Waals surface area (Å²) in [5, 5.41) is 11.7. The highest BCUT2D eigenvalue weighted by Gasteiger charge is 2.26. The van der Waals surface area contributed by atoms with Crippen LogP contribution in [0.1, 0.15) is 18.9 Å². The van der Waals surface area contributed by atoms with E-state index in [4.69, 9.17) is 0 Å². The maximum absolute atomic E-state index is 11.9. The molecule has 1 aromatic heterocycles. The first-order valence-corrected chi connectivity index (χ1v) is 8.36. The van der Waals surface area contributed by atoms with Gasteiger partial charge in [0.1, 0.15) is 6.33 Å². The number of rotatable bonds is 5. The number of nitrogens with zero attached hydrogens (tertiary/aromatic N) is 3. The number of hydrogen-bond donors (Lipinski definition) is 1. The Morgan fingerprint density at radius 2 is 2.35 bits per heavy atom. The molecule has 1 aromatic carbocycles. The molecule has 5 nitrogen and oxygen atoms in total. The van der Waals surface area contributed by atoms with Crippen molar-refractivity contribution < 1.29 is 4.79 Å². The number of amides is 1. The molecule has 0 atom stereocenters. The van der Waals surface area contributed by atoms with E-state index < -0.39 is 0 Å². The first kappa shape index (κ1) is 13.9. The predicted molar refractivity (Wildman–Crippen MR) is 86.8 cm³/mol. The number of carbonyl (C=O) groups is 1. The van der Waals surface area contributed by atoms with Crippen LogP contribution >= 0.6 is 34.4 Å². The first-order chi connectivity index (χ1) is 9.72. The predicted octanol–water partition coefficient (Wildman–Crippen LogP) is 2.95. The molecule has 1 amide bonds. The first-order valence-electron chi connectivity index (χ1n) is 6.30. The van der Waals surface area contributed by atoms with Gasteiger partial charge >= 0.3 is 0 Å². The van der Waals surface area contributed by atoms with Crippen LogP contribution in [0, 0.1) is 3.57 Å². The monoisotopic (exact) mass is 400 g/mol. The van der Waals surface area contributed by atoms with Gasteiger partial charge in [-0.1, -0.05) is 17.8 Å². The molecule has 1 fully saturated rings. The lowest BCUT2D eigenvalue weighted by atomic mass is 10.3. The fraction of sp³-hybridized carbons (Fsp3) is 0.308. The fourth-order valence-electron chi connectivity index (χ4n) is 1.83. The lowest BCUT2D eigenvalue weighted by Crippen LogP contribution is -2.14. The summed E-state index contributed by atoms with van der Waals surface area (Å²) >= 11 is 3.65. The van der Waals surface area contributed by atoms with E-state index in [1.54, 1.807) is 6.33 Å². The highest BCUT2D eigenvalue weighted by Crippen LogP contribution is 2.37. The van der Waals surface area contributed by atoms with E-state index in [1.807, 2.05) is 24.3 Å². The SMILES string of the molecule is O=C(CSc1nncn1C1CC1)Nc1cccc(I)c1. The number of anilines is 1. The molecule has 0 saturated heterocycles. The summed E-state index contributed by atoms with van der Waals surface area (Å²) < 4.78 is 3.16. The van der Waals surface area contributed by atoms with E-state index in [0.29, 0.717) is 11.8 Å². The van der Waals surface area contributed by atoms with E-state index in [1.165, 1.54) is 24.6 Å². The molecule has 20 heavy (non-hydrogen) atoms. The fourth-order valence-corrected chi connectivity index (χ4v) is 3.16. The number of halogens is 1. The van der Waals surface area contributed by atoms with Gasteiger partial charge in [0.15, 0.2) is 5.16 Å². The van der Waals surface area contributed by atoms with Gasteiger partial charge in [-0.3, -0.25) is 4.79 Å². The Bertz CT molecular complexity index is 626. The number of nitrogens with one attached hydrogen (secondary N) is 1. The third kappa shape index (κ3) is 3.51. The van der Waals surface area contributed by atoms with Crippen molar-refractivity contribution in [2.75, 3.05) is 11.1 Å². The van der Waals surface area contributed by atoms with Crippen molar-refractivity contribution in [3.8, 4) is 0 Å². The van der Waals surface area contributed by atoms with Crippen molar-refractivity contribution in [3.05, 3.63) is 34.2 Å². The number of hydrogen-bond acceptors (Lipinski definition) is 4. The molecule has 2 aromatic rings. The highest BCUT2D eigenvalue weighted by molar-refractivity contribution is 14.1. The summed E-state index contributed by atoms with van der Waals surface area (Å²) in [6.07, 6.45) is 4.11. The summed E-state index contributed by atoms with van der Waals surface area (Å²) in [5.41, 5.74) is 0.825. The Kier molecular flexibility index (Phi) is 4.25. The zero-order valence-electron chi connectivity index (χ0n) is 10.6. The standard InChI is InChI=1S/C13H13IN4OS/c14-9-2-1-3-10(6-9)16-12(19)7-20-13-17-15-8-18(13)11-4-5-11/h1-3,6,8,11H,4-5,7H2,(H,16,19). The van der Waals surface area contributed by atoms with Gasteiger partial charge < -0.3 is 9.88 Å². The van der Waals surface area contributed by atoms with E-state index in [-0.39, 0.29) is 5.91 Å². The van der Waals surface area contributed by atoms with Crippen molar-refractivity contribution in [3.63, 3.8) is 0 Å². The lowest BCUT2D eigenvalue weighted by molar-refractivity contribution is -0.113. The zero-order chi connectivity index (χ0) is 13.9. The molecular weight excluding hydrogens is 387 g/mol. The van der Waals surface area contributed by atoms with Crippen molar-refractivity contribution in [1.29, 1.82) is 0 Å². The summed E-state index contributed by atoms with van der Waals surface area (Å²) in [5.74, 6) is 0.319. The van der Waals surface area contributed by atoms with Crippen LogP contribution in [-0.2, 0) is 4.79 Å². The molecule has 0 spiro atoms. The molecule has 3 rings (SSSR count).